The highest BCUT2D eigenvalue weighted by Gasteiger charge is 2.07. The number of benzene rings is 1. The third kappa shape index (κ3) is 5.65. The van der Waals surface area contributed by atoms with Gasteiger partial charge >= 0.3 is 0 Å². The van der Waals surface area contributed by atoms with Gasteiger partial charge in [-0.2, -0.15) is 0 Å². The van der Waals surface area contributed by atoms with Gasteiger partial charge in [-0.1, -0.05) is 52.2 Å². The van der Waals surface area contributed by atoms with Crippen LogP contribution in [0.4, 0.5) is 0 Å². The van der Waals surface area contributed by atoms with E-state index < -0.39 is 0 Å². The van der Waals surface area contributed by atoms with Crippen molar-refractivity contribution in [3.63, 3.8) is 0 Å². The fourth-order valence-electron chi connectivity index (χ4n) is 2.16. The summed E-state index contributed by atoms with van der Waals surface area (Å²) in [4.78, 5) is 0. The van der Waals surface area contributed by atoms with Gasteiger partial charge in [0.15, 0.2) is 0 Å². The van der Waals surface area contributed by atoms with E-state index in [2.05, 4.69) is 32.9 Å². The molecule has 2 atom stereocenters. The Hall–Kier alpha value is -1.02. The van der Waals surface area contributed by atoms with Crippen LogP contribution in [-0.4, -0.2) is 6.61 Å². The number of nitrogens with two attached hydrogens (primary N) is 1. The van der Waals surface area contributed by atoms with Crippen LogP contribution in [0.25, 0.3) is 0 Å². The zero-order valence-electron chi connectivity index (χ0n) is 12.7. The molecule has 0 radical (unpaired) electrons. The Labute approximate surface area is 118 Å². The molecule has 108 valence electrons. The van der Waals surface area contributed by atoms with Crippen molar-refractivity contribution < 1.29 is 4.74 Å². The van der Waals surface area contributed by atoms with Crippen LogP contribution in [0.5, 0.6) is 5.75 Å². The van der Waals surface area contributed by atoms with Crippen molar-refractivity contribution in [3.8, 4) is 5.75 Å². The predicted molar refractivity (Wildman–Crippen MR) is 82.5 cm³/mol. The molecule has 0 saturated heterocycles. The SMILES string of the molecule is CCCCC(CC)COc1ccc(C(N)CC)cc1. The van der Waals surface area contributed by atoms with E-state index in [-0.39, 0.29) is 6.04 Å². The fraction of sp³-hybridized carbons (Fsp3) is 0.647. The first-order valence-electron chi connectivity index (χ1n) is 7.69. The molecule has 0 aliphatic carbocycles. The third-order valence-corrected chi connectivity index (χ3v) is 3.78. The first-order chi connectivity index (χ1) is 9.21. The Balaban J connectivity index is 2.44. The molecular formula is C17H29NO. The van der Waals surface area contributed by atoms with Crippen LogP contribution >= 0.6 is 0 Å². The minimum absolute atomic E-state index is 0.141. The standard InChI is InChI=1S/C17H29NO/c1-4-7-8-14(5-2)13-19-16-11-9-15(10-12-16)17(18)6-3/h9-12,14,17H,4-8,13,18H2,1-3H3. The van der Waals surface area contributed by atoms with Crippen LogP contribution in [0.3, 0.4) is 0 Å². The highest BCUT2D eigenvalue weighted by Crippen LogP contribution is 2.20. The summed E-state index contributed by atoms with van der Waals surface area (Å²) < 4.78 is 5.88. The third-order valence-electron chi connectivity index (χ3n) is 3.78. The second-order valence-corrected chi connectivity index (χ2v) is 5.31. The van der Waals surface area contributed by atoms with E-state index >= 15 is 0 Å². The zero-order chi connectivity index (χ0) is 14.1. The summed E-state index contributed by atoms with van der Waals surface area (Å²) in [5.41, 5.74) is 7.19. The van der Waals surface area contributed by atoms with E-state index in [0.29, 0.717) is 5.92 Å². The summed E-state index contributed by atoms with van der Waals surface area (Å²) in [6.45, 7) is 7.42. The Morgan fingerprint density at radius 2 is 1.74 bits per heavy atom. The topological polar surface area (TPSA) is 35.2 Å². The Bertz CT molecular complexity index is 334. The fourth-order valence-corrected chi connectivity index (χ4v) is 2.16. The summed E-state index contributed by atoms with van der Waals surface area (Å²) in [6, 6.07) is 8.38. The second-order valence-electron chi connectivity index (χ2n) is 5.31. The average molecular weight is 263 g/mol. The lowest BCUT2D eigenvalue weighted by atomic mass is 10.0. The van der Waals surface area contributed by atoms with E-state index in [9.17, 15) is 0 Å². The van der Waals surface area contributed by atoms with E-state index in [1.165, 1.54) is 31.2 Å². The lowest BCUT2D eigenvalue weighted by Gasteiger charge is -2.16. The molecule has 0 spiro atoms. The van der Waals surface area contributed by atoms with E-state index in [1.54, 1.807) is 0 Å². The second kappa shape index (κ2) is 8.98. The number of rotatable bonds is 9. The first-order valence-corrected chi connectivity index (χ1v) is 7.69. The van der Waals surface area contributed by atoms with Gasteiger partial charge < -0.3 is 10.5 Å². The van der Waals surface area contributed by atoms with Crippen molar-refractivity contribution in [1.82, 2.24) is 0 Å². The molecule has 1 aromatic carbocycles. The highest BCUT2D eigenvalue weighted by molar-refractivity contribution is 5.28. The summed E-state index contributed by atoms with van der Waals surface area (Å²) in [5.74, 6) is 1.64. The maximum Gasteiger partial charge on any atom is 0.119 e. The molecule has 0 aliphatic rings. The Morgan fingerprint density at radius 3 is 2.26 bits per heavy atom. The van der Waals surface area contributed by atoms with Crippen LogP contribution in [0.1, 0.15) is 64.5 Å². The lowest BCUT2D eigenvalue weighted by molar-refractivity contribution is 0.233. The van der Waals surface area contributed by atoms with Gasteiger partial charge in [-0.15, -0.1) is 0 Å². The normalized spacial score (nSPS) is 14.1. The van der Waals surface area contributed by atoms with Gasteiger partial charge in [-0.05, 0) is 36.5 Å². The molecule has 2 heteroatoms. The van der Waals surface area contributed by atoms with Gasteiger partial charge in [0.2, 0.25) is 0 Å². The summed E-state index contributed by atoms with van der Waals surface area (Å²) in [6.07, 6.45) is 5.99. The highest BCUT2D eigenvalue weighted by atomic mass is 16.5. The molecule has 0 saturated carbocycles. The van der Waals surface area contributed by atoms with Crippen LogP contribution in [0.2, 0.25) is 0 Å². The molecule has 19 heavy (non-hydrogen) atoms. The maximum absolute atomic E-state index is 6.00. The molecular weight excluding hydrogens is 234 g/mol. The maximum atomic E-state index is 6.00. The molecule has 1 rings (SSSR count). The molecule has 0 bridgehead atoms. The van der Waals surface area contributed by atoms with E-state index in [4.69, 9.17) is 10.5 Å². The van der Waals surface area contributed by atoms with Crippen molar-refractivity contribution in [2.24, 2.45) is 11.7 Å². The van der Waals surface area contributed by atoms with Crippen molar-refractivity contribution in [2.75, 3.05) is 6.61 Å². The van der Waals surface area contributed by atoms with Crippen LogP contribution < -0.4 is 10.5 Å². The Morgan fingerprint density at radius 1 is 1.05 bits per heavy atom. The summed E-state index contributed by atoms with van der Waals surface area (Å²) in [5, 5.41) is 0. The molecule has 0 heterocycles. The molecule has 2 unspecified atom stereocenters. The van der Waals surface area contributed by atoms with Gasteiger partial charge in [-0.25, -0.2) is 0 Å². The van der Waals surface area contributed by atoms with Crippen molar-refractivity contribution in [1.29, 1.82) is 0 Å². The molecule has 0 fully saturated rings. The molecule has 1 aromatic rings. The molecule has 2 nitrogen and oxygen atoms in total. The van der Waals surface area contributed by atoms with Crippen LogP contribution in [0, 0.1) is 5.92 Å². The van der Waals surface area contributed by atoms with Gasteiger partial charge in [0, 0.05) is 6.04 Å². The molecule has 0 amide bonds. The first kappa shape index (κ1) is 16.0. The number of ether oxygens (including phenoxy) is 1. The van der Waals surface area contributed by atoms with Crippen molar-refractivity contribution >= 4 is 0 Å². The van der Waals surface area contributed by atoms with E-state index in [1.807, 2.05) is 12.1 Å². The quantitative estimate of drug-likeness (QED) is 0.701. The number of hydrogen-bond acceptors (Lipinski definition) is 2. The van der Waals surface area contributed by atoms with Crippen molar-refractivity contribution in [2.45, 2.75) is 58.9 Å². The lowest BCUT2D eigenvalue weighted by Crippen LogP contribution is -2.11. The summed E-state index contributed by atoms with van der Waals surface area (Å²) >= 11 is 0. The van der Waals surface area contributed by atoms with Crippen molar-refractivity contribution in [3.05, 3.63) is 29.8 Å². The summed E-state index contributed by atoms with van der Waals surface area (Å²) in [7, 11) is 0. The van der Waals surface area contributed by atoms with Gasteiger partial charge in [-0.3, -0.25) is 0 Å². The van der Waals surface area contributed by atoms with Gasteiger partial charge in [0.05, 0.1) is 6.61 Å². The zero-order valence-corrected chi connectivity index (χ0v) is 12.7. The van der Waals surface area contributed by atoms with Crippen LogP contribution in [0.15, 0.2) is 24.3 Å². The Kier molecular flexibility index (Phi) is 7.57. The smallest absolute Gasteiger partial charge is 0.119 e. The van der Waals surface area contributed by atoms with Crippen LogP contribution in [-0.2, 0) is 0 Å². The monoisotopic (exact) mass is 263 g/mol. The molecule has 2 N–H and O–H groups in total. The number of hydrogen-bond donors (Lipinski definition) is 1. The van der Waals surface area contributed by atoms with E-state index in [0.717, 1.165) is 18.8 Å². The minimum Gasteiger partial charge on any atom is -0.493 e. The molecule has 0 aliphatic heterocycles. The number of unbranched alkanes of at least 4 members (excludes halogenated alkanes) is 1. The largest absolute Gasteiger partial charge is 0.493 e. The average Bonchev–Trinajstić information content (AvgIpc) is 2.47. The predicted octanol–water partition coefficient (Wildman–Crippen LogP) is 4.69. The molecule has 0 aromatic heterocycles. The van der Waals surface area contributed by atoms with Gasteiger partial charge in [0.1, 0.15) is 5.75 Å². The van der Waals surface area contributed by atoms with Gasteiger partial charge in [0.25, 0.3) is 0 Å². The minimum atomic E-state index is 0.141.